The van der Waals surface area contributed by atoms with Crippen molar-refractivity contribution >= 4 is 51.3 Å². The number of anilines is 1. The summed E-state index contributed by atoms with van der Waals surface area (Å²) in [6.45, 7) is 0.827. The molecule has 9 nitrogen and oxygen atoms in total. The highest BCUT2D eigenvalue weighted by Crippen LogP contribution is 2.32. The normalized spacial score (nSPS) is 14.2. The Kier molecular flexibility index (Phi) is 6.42. The monoisotopic (exact) mass is 528 g/mol. The van der Waals surface area contributed by atoms with E-state index in [4.69, 9.17) is 11.6 Å². The molecule has 1 saturated heterocycles. The van der Waals surface area contributed by atoms with E-state index in [0.717, 1.165) is 5.01 Å². The van der Waals surface area contributed by atoms with Gasteiger partial charge in [0.1, 0.15) is 11.5 Å². The van der Waals surface area contributed by atoms with Gasteiger partial charge in [-0.2, -0.15) is 0 Å². The third kappa shape index (κ3) is 4.67. The van der Waals surface area contributed by atoms with Crippen molar-refractivity contribution in [3.05, 3.63) is 89.9 Å². The van der Waals surface area contributed by atoms with Crippen molar-refractivity contribution in [1.29, 1.82) is 0 Å². The number of aromatic amines is 1. The molecule has 2 aromatic heterocycles. The predicted molar refractivity (Wildman–Crippen MR) is 132 cm³/mol. The molecule has 0 aliphatic carbocycles. The molecule has 0 atom stereocenters. The van der Waals surface area contributed by atoms with Gasteiger partial charge in [0.05, 0.1) is 26.5 Å². The van der Waals surface area contributed by atoms with Gasteiger partial charge in [-0.15, -0.1) is 11.3 Å². The van der Waals surface area contributed by atoms with Gasteiger partial charge >= 0.3 is 11.4 Å². The molecule has 0 radical (unpaired) electrons. The van der Waals surface area contributed by atoms with E-state index in [1.807, 2.05) is 0 Å². The second-order valence-electron chi connectivity index (χ2n) is 8.25. The number of hydrogen-bond acceptors (Lipinski definition) is 7. The summed E-state index contributed by atoms with van der Waals surface area (Å²) in [5, 5.41) is 5.32. The van der Waals surface area contributed by atoms with E-state index in [2.05, 4.69) is 19.7 Å². The van der Waals surface area contributed by atoms with E-state index in [1.165, 1.54) is 41.7 Å². The number of amides is 2. The van der Waals surface area contributed by atoms with Crippen molar-refractivity contribution in [3.8, 4) is 0 Å². The van der Waals surface area contributed by atoms with E-state index in [1.54, 1.807) is 16.3 Å². The molecule has 0 spiro atoms. The lowest BCUT2D eigenvalue weighted by molar-refractivity contribution is 0.0708. The van der Waals surface area contributed by atoms with Crippen LogP contribution in [0.2, 0.25) is 5.02 Å². The van der Waals surface area contributed by atoms with Crippen molar-refractivity contribution in [1.82, 2.24) is 14.9 Å². The van der Waals surface area contributed by atoms with Crippen molar-refractivity contribution in [3.63, 3.8) is 0 Å². The van der Waals surface area contributed by atoms with Gasteiger partial charge in [-0.1, -0.05) is 17.7 Å². The fraction of sp³-hybridized carbons (Fsp3) is 0.208. The number of H-pyrrole nitrogens is 1. The fourth-order valence-electron chi connectivity index (χ4n) is 4.14. The van der Waals surface area contributed by atoms with Gasteiger partial charge in [0.2, 0.25) is 0 Å². The Labute approximate surface area is 211 Å². The number of aromatic nitrogens is 2. The zero-order chi connectivity index (χ0) is 25.4. The number of likely N-dealkylation sites (tertiary alicyclic amines) is 1. The van der Waals surface area contributed by atoms with Crippen LogP contribution in [0.1, 0.15) is 44.6 Å². The Morgan fingerprint density at radius 3 is 2.72 bits per heavy atom. The molecule has 0 saturated carbocycles. The first kappa shape index (κ1) is 23.9. The number of carbonyl (C=O) groups is 2. The number of nitrogens with one attached hydrogen (secondary N) is 2. The zero-order valence-corrected chi connectivity index (χ0v) is 20.1. The molecule has 3 heterocycles. The fourth-order valence-corrected chi connectivity index (χ4v) is 5.35. The molecule has 1 aliphatic heterocycles. The molecule has 0 bridgehead atoms. The number of fused-ring (bicyclic) bond motifs is 1. The number of rotatable bonds is 4. The summed E-state index contributed by atoms with van der Waals surface area (Å²) in [4.78, 5) is 57.1. The van der Waals surface area contributed by atoms with Gasteiger partial charge in [-0.25, -0.2) is 19.0 Å². The van der Waals surface area contributed by atoms with Gasteiger partial charge in [-0.05, 0) is 43.2 Å². The van der Waals surface area contributed by atoms with Crippen LogP contribution in [-0.2, 0) is 0 Å². The Hall–Kier alpha value is -3.83. The molecule has 2 N–H and O–H groups in total. The Morgan fingerprint density at radius 2 is 1.97 bits per heavy atom. The van der Waals surface area contributed by atoms with Gasteiger partial charge in [-0.3, -0.25) is 14.6 Å². The molecule has 0 unspecified atom stereocenters. The number of nitrogens with zero attached hydrogens (tertiary/aromatic N) is 2. The lowest BCUT2D eigenvalue weighted by Gasteiger charge is -2.31. The number of thiazole rings is 1. The summed E-state index contributed by atoms with van der Waals surface area (Å²) in [6, 6.07) is 8.62. The van der Waals surface area contributed by atoms with Crippen molar-refractivity contribution in [2.75, 3.05) is 18.4 Å². The predicted octanol–water partition coefficient (Wildman–Crippen LogP) is 4.00. The highest BCUT2D eigenvalue weighted by molar-refractivity contribution is 7.10. The van der Waals surface area contributed by atoms with Crippen LogP contribution in [0, 0.1) is 5.82 Å². The third-order valence-corrected chi connectivity index (χ3v) is 7.30. The molecule has 184 valence electrons. The number of piperidine rings is 1. The van der Waals surface area contributed by atoms with Crippen LogP contribution in [0.25, 0.3) is 10.9 Å². The summed E-state index contributed by atoms with van der Waals surface area (Å²) in [7, 11) is 0. The van der Waals surface area contributed by atoms with Crippen LogP contribution < -0.4 is 16.7 Å². The quantitative estimate of drug-likeness (QED) is 0.412. The van der Waals surface area contributed by atoms with E-state index < -0.39 is 29.0 Å². The first-order valence-electron chi connectivity index (χ1n) is 11.0. The van der Waals surface area contributed by atoms with Crippen LogP contribution in [0.3, 0.4) is 0 Å². The molecule has 2 aromatic carbocycles. The minimum atomic E-state index is -0.856. The molecule has 2 amide bonds. The molecular formula is C24H18ClFN4O5S. The maximum atomic E-state index is 14.1. The van der Waals surface area contributed by atoms with Gasteiger partial charge in [0.15, 0.2) is 0 Å². The molecular weight excluding hydrogens is 511 g/mol. The van der Waals surface area contributed by atoms with Gasteiger partial charge in [0, 0.05) is 30.1 Å². The first-order chi connectivity index (χ1) is 17.3. The first-order valence-corrected chi connectivity index (χ1v) is 12.2. The highest BCUT2D eigenvalue weighted by Gasteiger charge is 2.29. The maximum absolute atomic E-state index is 14.1. The summed E-state index contributed by atoms with van der Waals surface area (Å²) < 4.78 is 18.7. The Morgan fingerprint density at radius 1 is 1.19 bits per heavy atom. The van der Waals surface area contributed by atoms with Crippen LogP contribution in [-0.4, -0.2) is 39.8 Å². The molecule has 1 aliphatic rings. The van der Waals surface area contributed by atoms with E-state index in [-0.39, 0.29) is 27.6 Å². The SMILES string of the molecule is O=C(Nc1ccc2[nH]c(=O)oc(=O)c2c1)c1csc(C2CCN(C(=O)c3c(F)cccc3Cl)CC2)n1. The smallest absolute Gasteiger partial charge is 0.372 e. The minimum Gasteiger partial charge on any atom is -0.372 e. The van der Waals surface area contributed by atoms with Crippen LogP contribution in [0.15, 0.2) is 55.8 Å². The van der Waals surface area contributed by atoms with Crippen LogP contribution in [0.4, 0.5) is 10.1 Å². The lowest BCUT2D eigenvalue weighted by Crippen LogP contribution is -2.38. The standard InChI is InChI=1S/C24H18ClFN4O5S/c25-15-2-1-3-16(26)19(15)22(32)30-8-6-12(7-9-30)21-28-18(11-36-21)20(31)27-13-4-5-17-14(10-13)23(33)35-24(34)29-17/h1-5,10-12H,6-9H2,(H,27,31)(H,29,34). The van der Waals surface area contributed by atoms with Crippen molar-refractivity contribution in [2.24, 2.45) is 0 Å². The Bertz CT molecular complexity index is 1590. The number of carbonyl (C=O) groups excluding carboxylic acids is 2. The molecule has 4 aromatic rings. The minimum absolute atomic E-state index is 0.0545. The average Bonchev–Trinajstić information content (AvgIpc) is 3.35. The number of hydrogen-bond donors (Lipinski definition) is 2. The highest BCUT2D eigenvalue weighted by atomic mass is 35.5. The summed E-state index contributed by atoms with van der Waals surface area (Å²) in [5.41, 5.74) is -0.0564. The van der Waals surface area contributed by atoms with E-state index in [9.17, 15) is 23.6 Å². The van der Waals surface area contributed by atoms with E-state index >= 15 is 0 Å². The van der Waals surface area contributed by atoms with Gasteiger partial charge < -0.3 is 14.6 Å². The van der Waals surface area contributed by atoms with E-state index in [0.29, 0.717) is 37.1 Å². The second-order valence-corrected chi connectivity index (χ2v) is 9.55. The largest absolute Gasteiger partial charge is 0.419 e. The molecule has 36 heavy (non-hydrogen) atoms. The molecule has 1 fully saturated rings. The van der Waals surface area contributed by atoms with Gasteiger partial charge in [0.25, 0.3) is 11.8 Å². The lowest BCUT2D eigenvalue weighted by atomic mass is 9.97. The topological polar surface area (TPSA) is 125 Å². The molecule has 12 heteroatoms. The molecule has 5 rings (SSSR count). The third-order valence-electron chi connectivity index (χ3n) is 5.98. The Balaban J connectivity index is 1.24. The summed E-state index contributed by atoms with van der Waals surface area (Å²) in [6.07, 6.45) is 1.23. The number of benzene rings is 2. The second kappa shape index (κ2) is 9.67. The number of halogens is 2. The van der Waals surface area contributed by atoms with Crippen LogP contribution in [0.5, 0.6) is 0 Å². The average molecular weight is 529 g/mol. The van der Waals surface area contributed by atoms with Crippen molar-refractivity contribution in [2.45, 2.75) is 18.8 Å². The van der Waals surface area contributed by atoms with Crippen LogP contribution >= 0.6 is 22.9 Å². The summed E-state index contributed by atoms with van der Waals surface area (Å²) >= 11 is 7.38. The maximum Gasteiger partial charge on any atom is 0.419 e. The zero-order valence-electron chi connectivity index (χ0n) is 18.5. The van der Waals surface area contributed by atoms with Crippen molar-refractivity contribution < 1.29 is 18.4 Å². The summed E-state index contributed by atoms with van der Waals surface area (Å²) in [5.74, 6) is -2.34.